The molecule has 1 aromatic rings. The van der Waals surface area contributed by atoms with Gasteiger partial charge in [0.1, 0.15) is 5.70 Å². The average Bonchev–Trinajstić information content (AvgIpc) is 2.60. The molecule has 0 aromatic heterocycles. The summed E-state index contributed by atoms with van der Waals surface area (Å²) in [5.41, 5.74) is 2.01. The lowest BCUT2D eigenvalue weighted by atomic mass is 10.2. The van der Waals surface area contributed by atoms with Crippen molar-refractivity contribution in [3.05, 3.63) is 41.6 Å². The molecule has 0 radical (unpaired) electrons. The lowest BCUT2D eigenvalue weighted by molar-refractivity contribution is -0.137. The standard InChI is InChI=1S/C13H14N2O3/c1-9-4-2-3-5-10(9)14-11-8-12(17)15(6-7-16)13(11)18/h2-5,8,14,16H,6-7H2,1H3. The van der Waals surface area contributed by atoms with Gasteiger partial charge in [-0.05, 0) is 18.6 Å². The van der Waals surface area contributed by atoms with Crippen molar-refractivity contribution in [2.24, 2.45) is 0 Å². The van der Waals surface area contributed by atoms with E-state index in [0.29, 0.717) is 0 Å². The molecule has 2 amide bonds. The first kappa shape index (κ1) is 12.3. The fraction of sp³-hybridized carbons (Fsp3) is 0.231. The minimum Gasteiger partial charge on any atom is -0.395 e. The zero-order valence-electron chi connectivity index (χ0n) is 10.0. The van der Waals surface area contributed by atoms with Crippen molar-refractivity contribution in [2.75, 3.05) is 18.5 Å². The van der Waals surface area contributed by atoms with Crippen molar-refractivity contribution >= 4 is 17.5 Å². The summed E-state index contributed by atoms with van der Waals surface area (Å²) in [6, 6.07) is 7.50. The van der Waals surface area contributed by atoms with E-state index in [4.69, 9.17) is 5.11 Å². The predicted octanol–water partition coefficient (Wildman–Crippen LogP) is 0.652. The fourth-order valence-electron chi connectivity index (χ4n) is 1.77. The Morgan fingerprint density at radius 1 is 1.28 bits per heavy atom. The number of anilines is 1. The van der Waals surface area contributed by atoms with Gasteiger partial charge in [-0.3, -0.25) is 14.5 Å². The second-order valence-electron chi connectivity index (χ2n) is 4.02. The Kier molecular flexibility index (Phi) is 3.43. The van der Waals surface area contributed by atoms with E-state index in [0.717, 1.165) is 16.2 Å². The monoisotopic (exact) mass is 246 g/mol. The molecular formula is C13H14N2O3. The number of β-amino-alcohol motifs (C(OH)–C–C–N with tert-alkyl or cyclic N) is 1. The molecule has 0 saturated carbocycles. The van der Waals surface area contributed by atoms with Crippen molar-refractivity contribution in [1.29, 1.82) is 0 Å². The summed E-state index contributed by atoms with van der Waals surface area (Å²) in [6.45, 7) is 1.70. The van der Waals surface area contributed by atoms with E-state index in [2.05, 4.69) is 5.32 Å². The third-order valence-corrected chi connectivity index (χ3v) is 2.75. The summed E-state index contributed by atoms with van der Waals surface area (Å²) in [6.07, 6.45) is 1.25. The number of aryl methyl sites for hydroxylation is 1. The topological polar surface area (TPSA) is 69.6 Å². The molecule has 1 heterocycles. The van der Waals surface area contributed by atoms with Crippen LogP contribution in [0.4, 0.5) is 5.69 Å². The van der Waals surface area contributed by atoms with E-state index in [1.165, 1.54) is 6.08 Å². The van der Waals surface area contributed by atoms with Crippen molar-refractivity contribution in [3.63, 3.8) is 0 Å². The highest BCUT2D eigenvalue weighted by Crippen LogP contribution is 2.19. The van der Waals surface area contributed by atoms with Crippen molar-refractivity contribution in [2.45, 2.75) is 6.92 Å². The van der Waals surface area contributed by atoms with E-state index < -0.39 is 11.8 Å². The summed E-state index contributed by atoms with van der Waals surface area (Å²) in [7, 11) is 0. The van der Waals surface area contributed by atoms with Crippen molar-refractivity contribution in [1.82, 2.24) is 4.90 Å². The average molecular weight is 246 g/mol. The number of benzene rings is 1. The van der Waals surface area contributed by atoms with E-state index in [9.17, 15) is 9.59 Å². The molecule has 0 unspecified atom stereocenters. The molecule has 0 spiro atoms. The van der Waals surface area contributed by atoms with Crippen LogP contribution >= 0.6 is 0 Å². The van der Waals surface area contributed by atoms with Gasteiger partial charge in [0.05, 0.1) is 13.2 Å². The molecule has 1 aliphatic rings. The van der Waals surface area contributed by atoms with Crippen LogP contribution in [-0.2, 0) is 9.59 Å². The number of aliphatic hydroxyl groups is 1. The van der Waals surface area contributed by atoms with Crippen LogP contribution < -0.4 is 5.32 Å². The van der Waals surface area contributed by atoms with Crippen molar-refractivity contribution in [3.8, 4) is 0 Å². The molecular weight excluding hydrogens is 232 g/mol. The highest BCUT2D eigenvalue weighted by Gasteiger charge is 2.30. The quantitative estimate of drug-likeness (QED) is 0.765. The number of nitrogens with zero attached hydrogens (tertiary/aromatic N) is 1. The third kappa shape index (κ3) is 2.26. The summed E-state index contributed by atoms with van der Waals surface area (Å²) in [4.78, 5) is 24.4. The van der Waals surface area contributed by atoms with Gasteiger partial charge in [0.2, 0.25) is 0 Å². The number of aliphatic hydroxyl groups excluding tert-OH is 1. The molecule has 0 aliphatic carbocycles. The summed E-state index contributed by atoms with van der Waals surface area (Å²) < 4.78 is 0. The van der Waals surface area contributed by atoms with Crippen LogP contribution in [0.5, 0.6) is 0 Å². The maximum Gasteiger partial charge on any atom is 0.277 e. The van der Waals surface area contributed by atoms with Crippen LogP contribution in [0.15, 0.2) is 36.0 Å². The fourth-order valence-corrected chi connectivity index (χ4v) is 1.77. The van der Waals surface area contributed by atoms with Gasteiger partial charge in [0.15, 0.2) is 0 Å². The van der Waals surface area contributed by atoms with E-state index in [1.807, 2.05) is 31.2 Å². The Balaban J connectivity index is 2.17. The number of imide groups is 1. The summed E-state index contributed by atoms with van der Waals surface area (Å²) in [5, 5.41) is 11.7. The molecule has 18 heavy (non-hydrogen) atoms. The maximum atomic E-state index is 11.9. The van der Waals surface area contributed by atoms with Crippen LogP contribution in [0.3, 0.4) is 0 Å². The van der Waals surface area contributed by atoms with Crippen LogP contribution in [0.2, 0.25) is 0 Å². The number of carbonyl (C=O) groups is 2. The minimum absolute atomic E-state index is 0.0210. The molecule has 1 aliphatic heterocycles. The predicted molar refractivity (Wildman–Crippen MR) is 66.7 cm³/mol. The first-order chi connectivity index (χ1) is 8.63. The molecule has 0 fully saturated rings. The molecule has 2 rings (SSSR count). The molecule has 94 valence electrons. The van der Waals surface area contributed by atoms with Crippen LogP contribution in [0.25, 0.3) is 0 Å². The highest BCUT2D eigenvalue weighted by atomic mass is 16.3. The molecule has 1 aromatic carbocycles. The molecule has 0 atom stereocenters. The number of para-hydroxylation sites is 1. The lowest BCUT2D eigenvalue weighted by Crippen LogP contribution is -2.34. The van der Waals surface area contributed by atoms with Gasteiger partial charge in [0, 0.05) is 11.8 Å². The normalized spacial score (nSPS) is 15.0. The SMILES string of the molecule is Cc1ccccc1NC1=CC(=O)N(CCO)C1=O. The largest absolute Gasteiger partial charge is 0.395 e. The number of rotatable bonds is 4. The Bertz CT molecular complexity index is 523. The maximum absolute atomic E-state index is 11.9. The lowest BCUT2D eigenvalue weighted by Gasteiger charge is -2.14. The zero-order chi connectivity index (χ0) is 13.1. The van der Waals surface area contributed by atoms with Gasteiger partial charge in [0.25, 0.3) is 11.8 Å². The summed E-state index contributed by atoms with van der Waals surface area (Å²) >= 11 is 0. The van der Waals surface area contributed by atoms with Crippen LogP contribution in [0.1, 0.15) is 5.56 Å². The Hall–Kier alpha value is -2.14. The van der Waals surface area contributed by atoms with E-state index in [-0.39, 0.29) is 18.8 Å². The smallest absolute Gasteiger partial charge is 0.277 e. The van der Waals surface area contributed by atoms with E-state index in [1.54, 1.807) is 0 Å². The zero-order valence-corrected chi connectivity index (χ0v) is 10.0. The van der Waals surface area contributed by atoms with Gasteiger partial charge >= 0.3 is 0 Å². The molecule has 0 bridgehead atoms. The van der Waals surface area contributed by atoms with Gasteiger partial charge in [-0.25, -0.2) is 0 Å². The molecule has 2 N–H and O–H groups in total. The Labute approximate surface area is 105 Å². The molecule has 5 heteroatoms. The molecule has 5 nitrogen and oxygen atoms in total. The second-order valence-corrected chi connectivity index (χ2v) is 4.02. The summed E-state index contributed by atoms with van der Waals surface area (Å²) in [5.74, 6) is -0.803. The number of nitrogens with one attached hydrogen (secondary N) is 1. The second kappa shape index (κ2) is 5.01. The first-order valence-corrected chi connectivity index (χ1v) is 5.64. The third-order valence-electron chi connectivity index (χ3n) is 2.75. The van der Waals surface area contributed by atoms with E-state index >= 15 is 0 Å². The van der Waals surface area contributed by atoms with Crippen LogP contribution in [0, 0.1) is 6.92 Å². The first-order valence-electron chi connectivity index (χ1n) is 5.64. The van der Waals surface area contributed by atoms with Gasteiger partial charge in [-0.2, -0.15) is 0 Å². The Morgan fingerprint density at radius 3 is 2.67 bits per heavy atom. The Morgan fingerprint density at radius 2 is 2.00 bits per heavy atom. The number of hydrogen-bond donors (Lipinski definition) is 2. The van der Waals surface area contributed by atoms with Gasteiger partial charge in [-0.1, -0.05) is 18.2 Å². The number of hydrogen-bond acceptors (Lipinski definition) is 4. The van der Waals surface area contributed by atoms with Gasteiger partial charge < -0.3 is 10.4 Å². The van der Waals surface area contributed by atoms with Gasteiger partial charge in [-0.15, -0.1) is 0 Å². The highest BCUT2D eigenvalue weighted by molar-refractivity contribution is 6.17. The minimum atomic E-state index is -0.405. The van der Waals surface area contributed by atoms with Crippen molar-refractivity contribution < 1.29 is 14.7 Å². The molecule has 0 saturated heterocycles. The number of carbonyl (C=O) groups excluding carboxylic acids is 2. The number of amides is 2. The van der Waals surface area contributed by atoms with Crippen LogP contribution in [-0.4, -0.2) is 35.0 Å².